The van der Waals surface area contributed by atoms with Crippen molar-refractivity contribution < 1.29 is 13.2 Å². The van der Waals surface area contributed by atoms with Crippen LogP contribution in [0.25, 0.3) is 0 Å². The molecule has 0 amide bonds. The maximum absolute atomic E-state index is 13.1. The number of hydrogen-bond acceptors (Lipinski definition) is 2. The predicted octanol–water partition coefficient (Wildman–Crippen LogP) is 3.83. The number of halogens is 3. The minimum absolute atomic E-state index is 0.147. The Morgan fingerprint density at radius 1 is 1.14 bits per heavy atom. The second-order valence-corrected chi connectivity index (χ2v) is 5.30. The van der Waals surface area contributed by atoms with Crippen LogP contribution in [0.5, 0.6) is 0 Å². The average Bonchev–Trinajstić information content (AvgIpc) is 2.89. The Kier molecular flexibility index (Phi) is 3.45. The van der Waals surface area contributed by atoms with Gasteiger partial charge in [0.25, 0.3) is 0 Å². The SMILES string of the molecule is NC(c1ccccc1C(F)(F)F)C1CCc2cccnc21. The number of benzene rings is 1. The molecule has 3 rings (SSSR count). The standard InChI is InChI=1S/C16H15F3N2/c17-16(18,19)13-6-2-1-5-11(13)14(20)12-8-7-10-4-3-9-21-15(10)12/h1-6,9,12,14H,7-8,20H2. The Hall–Kier alpha value is -1.88. The number of aromatic nitrogens is 1. The number of hydrogen-bond donors (Lipinski definition) is 1. The van der Waals surface area contributed by atoms with Crippen LogP contribution >= 0.6 is 0 Å². The Balaban J connectivity index is 2.00. The highest BCUT2D eigenvalue weighted by atomic mass is 19.4. The lowest BCUT2D eigenvalue weighted by Crippen LogP contribution is -2.22. The molecule has 1 heterocycles. The summed E-state index contributed by atoms with van der Waals surface area (Å²) in [6.45, 7) is 0. The molecule has 110 valence electrons. The molecule has 2 atom stereocenters. The molecule has 0 saturated carbocycles. The van der Waals surface area contributed by atoms with Gasteiger partial charge in [0.2, 0.25) is 0 Å². The van der Waals surface area contributed by atoms with Gasteiger partial charge in [0.15, 0.2) is 0 Å². The zero-order valence-corrected chi connectivity index (χ0v) is 11.3. The normalized spacial score (nSPS) is 19.3. The van der Waals surface area contributed by atoms with Gasteiger partial charge in [-0.1, -0.05) is 24.3 Å². The first-order chi connectivity index (χ1) is 9.98. The molecule has 1 aliphatic carbocycles. The number of pyridine rings is 1. The van der Waals surface area contributed by atoms with Gasteiger partial charge in [0, 0.05) is 23.9 Å². The van der Waals surface area contributed by atoms with Crippen molar-refractivity contribution in [1.29, 1.82) is 0 Å². The van der Waals surface area contributed by atoms with E-state index in [1.165, 1.54) is 12.1 Å². The summed E-state index contributed by atoms with van der Waals surface area (Å²) in [6.07, 6.45) is -1.17. The zero-order chi connectivity index (χ0) is 15.0. The van der Waals surface area contributed by atoms with Gasteiger partial charge in [-0.3, -0.25) is 4.98 Å². The third kappa shape index (κ3) is 2.53. The molecule has 2 N–H and O–H groups in total. The fourth-order valence-electron chi connectivity index (χ4n) is 3.06. The second-order valence-electron chi connectivity index (χ2n) is 5.30. The van der Waals surface area contributed by atoms with E-state index in [2.05, 4.69) is 4.98 Å². The summed E-state index contributed by atoms with van der Waals surface area (Å²) in [5.74, 6) is -0.162. The van der Waals surface area contributed by atoms with Gasteiger partial charge in [0.05, 0.1) is 5.56 Å². The fraction of sp³-hybridized carbons (Fsp3) is 0.312. The first-order valence-corrected chi connectivity index (χ1v) is 6.84. The van der Waals surface area contributed by atoms with E-state index in [9.17, 15) is 13.2 Å². The van der Waals surface area contributed by atoms with Gasteiger partial charge >= 0.3 is 6.18 Å². The van der Waals surface area contributed by atoms with Gasteiger partial charge in [0.1, 0.15) is 0 Å². The van der Waals surface area contributed by atoms with Crippen molar-refractivity contribution in [2.45, 2.75) is 31.0 Å². The van der Waals surface area contributed by atoms with Crippen molar-refractivity contribution in [3.8, 4) is 0 Å². The molecule has 0 bridgehead atoms. The van der Waals surface area contributed by atoms with Crippen molar-refractivity contribution in [3.63, 3.8) is 0 Å². The predicted molar refractivity (Wildman–Crippen MR) is 73.7 cm³/mol. The highest BCUT2D eigenvalue weighted by molar-refractivity contribution is 5.38. The summed E-state index contributed by atoms with van der Waals surface area (Å²) in [7, 11) is 0. The second kappa shape index (κ2) is 5.15. The molecule has 2 aromatic rings. The van der Waals surface area contributed by atoms with Crippen LogP contribution in [0.3, 0.4) is 0 Å². The number of aryl methyl sites for hydroxylation is 1. The van der Waals surface area contributed by atoms with Crippen LogP contribution in [0.2, 0.25) is 0 Å². The van der Waals surface area contributed by atoms with E-state index < -0.39 is 17.8 Å². The Morgan fingerprint density at radius 2 is 1.90 bits per heavy atom. The van der Waals surface area contributed by atoms with Gasteiger partial charge in [-0.05, 0) is 36.1 Å². The van der Waals surface area contributed by atoms with Crippen molar-refractivity contribution >= 4 is 0 Å². The van der Waals surface area contributed by atoms with Gasteiger partial charge in [-0.15, -0.1) is 0 Å². The van der Waals surface area contributed by atoms with Gasteiger partial charge in [-0.2, -0.15) is 13.2 Å². The minimum Gasteiger partial charge on any atom is -0.323 e. The van der Waals surface area contributed by atoms with Crippen LogP contribution in [0, 0.1) is 0 Å². The van der Waals surface area contributed by atoms with E-state index in [4.69, 9.17) is 5.73 Å². The monoisotopic (exact) mass is 292 g/mol. The summed E-state index contributed by atoms with van der Waals surface area (Å²) in [5.41, 5.74) is 7.59. The number of alkyl halides is 3. The molecule has 0 aliphatic heterocycles. The lowest BCUT2D eigenvalue weighted by molar-refractivity contribution is -0.138. The van der Waals surface area contributed by atoms with Crippen LogP contribution < -0.4 is 5.73 Å². The van der Waals surface area contributed by atoms with E-state index in [1.54, 1.807) is 12.3 Å². The largest absolute Gasteiger partial charge is 0.416 e. The number of nitrogens with two attached hydrogens (primary N) is 1. The summed E-state index contributed by atoms with van der Waals surface area (Å²) < 4.78 is 39.4. The first kappa shape index (κ1) is 14.1. The molecule has 0 spiro atoms. The van der Waals surface area contributed by atoms with Crippen molar-refractivity contribution in [1.82, 2.24) is 4.98 Å². The summed E-state index contributed by atoms with van der Waals surface area (Å²) >= 11 is 0. The van der Waals surface area contributed by atoms with Crippen molar-refractivity contribution in [3.05, 3.63) is 65.0 Å². The Bertz CT molecular complexity index is 652. The lowest BCUT2D eigenvalue weighted by Gasteiger charge is -2.23. The van der Waals surface area contributed by atoms with Crippen LogP contribution in [-0.4, -0.2) is 4.98 Å². The smallest absolute Gasteiger partial charge is 0.323 e. The molecular formula is C16H15F3N2. The third-order valence-electron chi connectivity index (χ3n) is 4.06. The molecule has 0 radical (unpaired) electrons. The third-order valence-corrected chi connectivity index (χ3v) is 4.06. The number of fused-ring (bicyclic) bond motifs is 1. The maximum Gasteiger partial charge on any atom is 0.416 e. The molecule has 5 heteroatoms. The zero-order valence-electron chi connectivity index (χ0n) is 11.3. The van der Waals surface area contributed by atoms with Crippen LogP contribution in [-0.2, 0) is 12.6 Å². The summed E-state index contributed by atoms with van der Waals surface area (Å²) in [6, 6.07) is 8.65. The quantitative estimate of drug-likeness (QED) is 0.913. The van der Waals surface area contributed by atoms with E-state index in [0.29, 0.717) is 0 Å². The van der Waals surface area contributed by atoms with E-state index in [-0.39, 0.29) is 11.5 Å². The summed E-state index contributed by atoms with van der Waals surface area (Å²) in [4.78, 5) is 4.32. The molecule has 1 aromatic carbocycles. The number of nitrogens with zero attached hydrogens (tertiary/aromatic N) is 1. The molecule has 1 aromatic heterocycles. The van der Waals surface area contributed by atoms with Gasteiger partial charge in [-0.25, -0.2) is 0 Å². The van der Waals surface area contributed by atoms with Crippen LogP contribution in [0.15, 0.2) is 42.6 Å². The fourth-order valence-corrected chi connectivity index (χ4v) is 3.06. The van der Waals surface area contributed by atoms with Crippen LogP contribution in [0.1, 0.15) is 40.8 Å². The molecule has 2 unspecified atom stereocenters. The van der Waals surface area contributed by atoms with E-state index in [0.717, 1.165) is 30.2 Å². The minimum atomic E-state index is -4.39. The highest BCUT2D eigenvalue weighted by Crippen LogP contribution is 2.42. The Labute approximate surface area is 120 Å². The van der Waals surface area contributed by atoms with E-state index >= 15 is 0 Å². The van der Waals surface area contributed by atoms with Gasteiger partial charge < -0.3 is 5.73 Å². The molecule has 0 fully saturated rings. The molecule has 0 saturated heterocycles. The average molecular weight is 292 g/mol. The Morgan fingerprint density at radius 3 is 2.67 bits per heavy atom. The van der Waals surface area contributed by atoms with Crippen molar-refractivity contribution in [2.75, 3.05) is 0 Å². The summed E-state index contributed by atoms with van der Waals surface area (Å²) in [5, 5.41) is 0. The topological polar surface area (TPSA) is 38.9 Å². The molecule has 21 heavy (non-hydrogen) atoms. The highest BCUT2D eigenvalue weighted by Gasteiger charge is 2.37. The van der Waals surface area contributed by atoms with Crippen molar-refractivity contribution in [2.24, 2.45) is 5.73 Å². The molecule has 2 nitrogen and oxygen atoms in total. The molecular weight excluding hydrogens is 277 g/mol. The first-order valence-electron chi connectivity index (χ1n) is 6.84. The number of rotatable bonds is 2. The van der Waals surface area contributed by atoms with E-state index in [1.807, 2.05) is 12.1 Å². The maximum atomic E-state index is 13.1. The molecule has 1 aliphatic rings. The lowest BCUT2D eigenvalue weighted by atomic mass is 9.88. The van der Waals surface area contributed by atoms with Crippen LogP contribution in [0.4, 0.5) is 13.2 Å².